The summed E-state index contributed by atoms with van der Waals surface area (Å²) in [5, 5.41) is 2.41. The zero-order valence-corrected chi connectivity index (χ0v) is 19.4. The summed E-state index contributed by atoms with van der Waals surface area (Å²) in [7, 11) is -2.51. The molecule has 0 aliphatic rings. The molecule has 4 rings (SSSR count). The van der Waals surface area contributed by atoms with Gasteiger partial charge in [-0.05, 0) is 55.5 Å². The molecule has 0 unspecified atom stereocenters. The highest BCUT2D eigenvalue weighted by atomic mass is 32.2. The monoisotopic (exact) mass is 498 g/mol. The molecular formula is C24H20F2N4O4S. The van der Waals surface area contributed by atoms with Gasteiger partial charge in [-0.15, -0.1) is 0 Å². The van der Waals surface area contributed by atoms with Crippen molar-refractivity contribution in [3.05, 3.63) is 106 Å². The molecule has 11 heteroatoms. The van der Waals surface area contributed by atoms with E-state index in [0.29, 0.717) is 11.4 Å². The molecule has 35 heavy (non-hydrogen) atoms. The fourth-order valence-electron chi connectivity index (χ4n) is 3.44. The van der Waals surface area contributed by atoms with E-state index in [4.69, 9.17) is 0 Å². The maximum atomic E-state index is 13.3. The van der Waals surface area contributed by atoms with Crippen molar-refractivity contribution in [3.8, 4) is 5.69 Å². The zero-order chi connectivity index (χ0) is 25.3. The number of sulfonamides is 1. The largest absolute Gasteiger partial charge is 0.322 e. The first-order valence-corrected chi connectivity index (χ1v) is 11.8. The number of carbonyl (C=O) groups is 1. The van der Waals surface area contributed by atoms with Crippen LogP contribution in [0.25, 0.3) is 5.69 Å². The van der Waals surface area contributed by atoms with Gasteiger partial charge in [0.05, 0.1) is 16.3 Å². The van der Waals surface area contributed by atoms with Gasteiger partial charge in [0.2, 0.25) is 0 Å². The predicted octanol–water partition coefficient (Wildman–Crippen LogP) is 3.82. The van der Waals surface area contributed by atoms with Gasteiger partial charge >= 0.3 is 0 Å². The minimum absolute atomic E-state index is 0.0431. The Balaban J connectivity index is 1.57. The maximum Gasteiger partial charge on any atom is 0.296 e. The van der Waals surface area contributed by atoms with Crippen LogP contribution in [0.1, 0.15) is 16.1 Å². The number of para-hydroxylation sites is 1. The highest BCUT2D eigenvalue weighted by Crippen LogP contribution is 2.20. The van der Waals surface area contributed by atoms with Gasteiger partial charge in [0.1, 0.15) is 5.69 Å². The Labute approximate surface area is 199 Å². The summed E-state index contributed by atoms with van der Waals surface area (Å²) in [4.78, 5) is 25.2. The van der Waals surface area contributed by atoms with Crippen LogP contribution in [0.3, 0.4) is 0 Å². The third-order valence-corrected chi connectivity index (χ3v) is 6.76. The van der Waals surface area contributed by atoms with Crippen molar-refractivity contribution >= 4 is 27.3 Å². The zero-order valence-electron chi connectivity index (χ0n) is 18.6. The number of anilines is 2. The molecule has 2 N–H and O–H groups in total. The number of nitrogens with one attached hydrogen (secondary N) is 2. The SMILES string of the molecule is Cc1c(NS(=O)(=O)c2ccc(C(=O)Nc3ccc(F)c(F)c3)cc2)c(=O)n(-c2ccccc2)n1C. The number of benzene rings is 3. The molecule has 3 aromatic carbocycles. The molecule has 0 aliphatic heterocycles. The van der Waals surface area contributed by atoms with Crippen LogP contribution in [0.2, 0.25) is 0 Å². The van der Waals surface area contributed by atoms with Crippen LogP contribution in [-0.2, 0) is 17.1 Å². The molecule has 1 heterocycles. The second-order valence-corrected chi connectivity index (χ2v) is 9.33. The number of nitrogens with zero attached hydrogens (tertiary/aromatic N) is 2. The molecule has 0 aliphatic carbocycles. The summed E-state index contributed by atoms with van der Waals surface area (Å²) in [6.07, 6.45) is 0. The molecule has 8 nitrogen and oxygen atoms in total. The van der Waals surface area contributed by atoms with Gasteiger partial charge < -0.3 is 5.32 Å². The second-order valence-electron chi connectivity index (χ2n) is 7.65. The maximum absolute atomic E-state index is 13.3. The van der Waals surface area contributed by atoms with Crippen molar-refractivity contribution in [1.82, 2.24) is 9.36 Å². The lowest BCUT2D eigenvalue weighted by molar-refractivity contribution is 0.102. The Bertz CT molecular complexity index is 1580. The van der Waals surface area contributed by atoms with Gasteiger partial charge in [0.15, 0.2) is 11.6 Å². The molecule has 0 saturated heterocycles. The lowest BCUT2D eigenvalue weighted by atomic mass is 10.2. The van der Waals surface area contributed by atoms with Crippen LogP contribution < -0.4 is 15.6 Å². The van der Waals surface area contributed by atoms with Crippen LogP contribution in [0.4, 0.5) is 20.2 Å². The topological polar surface area (TPSA) is 102 Å². The first-order valence-electron chi connectivity index (χ1n) is 10.3. The normalized spacial score (nSPS) is 11.3. The third-order valence-electron chi connectivity index (χ3n) is 5.39. The van der Waals surface area contributed by atoms with E-state index in [1.165, 1.54) is 35.0 Å². The number of rotatable bonds is 6. The number of amides is 1. The van der Waals surface area contributed by atoms with Crippen LogP contribution in [-0.4, -0.2) is 23.7 Å². The van der Waals surface area contributed by atoms with Crippen LogP contribution in [0.5, 0.6) is 0 Å². The van der Waals surface area contributed by atoms with Crippen molar-refractivity contribution in [3.63, 3.8) is 0 Å². The Morgan fingerprint density at radius 2 is 1.57 bits per heavy atom. The van der Waals surface area contributed by atoms with E-state index < -0.39 is 33.1 Å². The summed E-state index contributed by atoms with van der Waals surface area (Å²) < 4.78 is 57.6. The lowest BCUT2D eigenvalue weighted by Crippen LogP contribution is -2.23. The predicted molar refractivity (Wildman–Crippen MR) is 127 cm³/mol. The van der Waals surface area contributed by atoms with Crippen LogP contribution in [0, 0.1) is 18.6 Å². The minimum atomic E-state index is -4.16. The molecule has 0 atom stereocenters. The van der Waals surface area contributed by atoms with E-state index >= 15 is 0 Å². The highest BCUT2D eigenvalue weighted by molar-refractivity contribution is 7.92. The average molecular weight is 499 g/mol. The van der Waals surface area contributed by atoms with E-state index in [-0.39, 0.29) is 21.8 Å². The van der Waals surface area contributed by atoms with E-state index in [2.05, 4.69) is 10.0 Å². The van der Waals surface area contributed by atoms with E-state index in [9.17, 15) is 26.8 Å². The van der Waals surface area contributed by atoms with E-state index in [1.54, 1.807) is 49.0 Å². The molecule has 0 saturated carbocycles. The molecule has 180 valence electrons. The smallest absolute Gasteiger partial charge is 0.296 e. The van der Waals surface area contributed by atoms with Crippen molar-refractivity contribution in [2.75, 3.05) is 10.0 Å². The first-order chi connectivity index (χ1) is 16.6. The summed E-state index contributed by atoms with van der Waals surface area (Å²) >= 11 is 0. The minimum Gasteiger partial charge on any atom is -0.322 e. The number of hydrogen-bond donors (Lipinski definition) is 2. The highest BCUT2D eigenvalue weighted by Gasteiger charge is 2.23. The quantitative estimate of drug-likeness (QED) is 0.422. The molecular weight excluding hydrogens is 478 g/mol. The molecule has 0 spiro atoms. The van der Waals surface area contributed by atoms with Gasteiger partial charge in [-0.3, -0.25) is 19.0 Å². The van der Waals surface area contributed by atoms with Crippen molar-refractivity contribution in [1.29, 1.82) is 0 Å². The molecule has 1 aromatic heterocycles. The summed E-state index contributed by atoms with van der Waals surface area (Å²) in [6, 6.07) is 16.6. The van der Waals surface area contributed by atoms with Gasteiger partial charge in [-0.2, -0.15) is 0 Å². The number of hydrogen-bond acceptors (Lipinski definition) is 4. The third kappa shape index (κ3) is 4.71. The van der Waals surface area contributed by atoms with Gasteiger partial charge in [0.25, 0.3) is 21.5 Å². The average Bonchev–Trinajstić information content (AvgIpc) is 3.04. The van der Waals surface area contributed by atoms with Crippen LogP contribution >= 0.6 is 0 Å². The second kappa shape index (κ2) is 9.18. The number of halogens is 2. The Hall–Kier alpha value is -4.25. The standard InChI is InChI=1S/C24H20F2N4O4S/c1-15-22(24(32)30(29(15)2)18-6-4-3-5-7-18)28-35(33,34)19-11-8-16(9-12-19)23(31)27-17-10-13-20(25)21(26)14-17/h3-14,28H,1-2H3,(H,27,31). The van der Waals surface area contributed by atoms with Crippen molar-refractivity contribution in [2.45, 2.75) is 11.8 Å². The molecule has 0 radical (unpaired) electrons. The Morgan fingerprint density at radius 1 is 0.914 bits per heavy atom. The number of carbonyl (C=O) groups excluding carboxylic acids is 1. The van der Waals surface area contributed by atoms with Crippen LogP contribution in [0.15, 0.2) is 82.5 Å². The summed E-state index contributed by atoms with van der Waals surface area (Å²) in [5.74, 6) is -2.80. The Kier molecular flexibility index (Phi) is 6.27. The molecule has 0 fully saturated rings. The lowest BCUT2D eigenvalue weighted by Gasteiger charge is -2.09. The summed E-state index contributed by atoms with van der Waals surface area (Å²) in [5.41, 5.74) is 0.478. The summed E-state index contributed by atoms with van der Waals surface area (Å²) in [6.45, 7) is 1.62. The number of aromatic nitrogens is 2. The molecule has 4 aromatic rings. The molecule has 1 amide bonds. The van der Waals surface area contributed by atoms with Crippen molar-refractivity contribution in [2.24, 2.45) is 7.05 Å². The fourth-order valence-corrected chi connectivity index (χ4v) is 4.56. The first kappa shape index (κ1) is 23.9. The fraction of sp³-hybridized carbons (Fsp3) is 0.0833. The van der Waals surface area contributed by atoms with E-state index in [0.717, 1.165) is 12.1 Å². The van der Waals surface area contributed by atoms with Gasteiger partial charge in [-0.1, -0.05) is 18.2 Å². The van der Waals surface area contributed by atoms with Gasteiger partial charge in [0, 0.05) is 24.4 Å². The van der Waals surface area contributed by atoms with Crippen molar-refractivity contribution < 1.29 is 22.0 Å². The van der Waals surface area contributed by atoms with Gasteiger partial charge in [-0.25, -0.2) is 21.9 Å². The van der Waals surface area contributed by atoms with E-state index in [1.807, 2.05) is 0 Å². The molecule has 0 bridgehead atoms. The Morgan fingerprint density at radius 3 is 2.20 bits per heavy atom.